The van der Waals surface area contributed by atoms with Gasteiger partial charge in [0, 0.05) is 36.3 Å². The van der Waals surface area contributed by atoms with Crippen LogP contribution in [0, 0.1) is 16.5 Å². The van der Waals surface area contributed by atoms with Crippen LogP contribution in [-0.2, 0) is 19.1 Å². The lowest BCUT2D eigenvalue weighted by atomic mass is 9.51. The van der Waals surface area contributed by atoms with Crippen molar-refractivity contribution in [2.75, 3.05) is 18.9 Å². The molecule has 3 N–H and O–H groups in total. The van der Waals surface area contributed by atoms with Gasteiger partial charge in [-0.2, -0.15) is 16.5 Å². The van der Waals surface area contributed by atoms with E-state index in [1.54, 1.807) is 0 Å². The van der Waals surface area contributed by atoms with Gasteiger partial charge in [-0.3, -0.25) is 14.4 Å². The van der Waals surface area contributed by atoms with Crippen LogP contribution in [-0.4, -0.2) is 92.1 Å². The van der Waals surface area contributed by atoms with Crippen molar-refractivity contribution >= 4 is 58.6 Å². The van der Waals surface area contributed by atoms with Crippen molar-refractivity contribution in [3.8, 4) is 5.75 Å². The summed E-state index contributed by atoms with van der Waals surface area (Å²) >= 11 is 1.91. The molecule has 12 nitrogen and oxygen atoms in total. The summed E-state index contributed by atoms with van der Waals surface area (Å²) in [5.74, 6) is 1.21. The lowest BCUT2D eigenvalue weighted by Gasteiger charge is -2.62. The van der Waals surface area contributed by atoms with E-state index in [0.29, 0.717) is 61.2 Å². The number of piperazine rings is 1. The third kappa shape index (κ3) is 6.77. The zero-order chi connectivity index (χ0) is 41.2. The van der Waals surface area contributed by atoms with Crippen molar-refractivity contribution < 1.29 is 33.4 Å². The Hall–Kier alpha value is -4.26. The van der Waals surface area contributed by atoms with E-state index in [0.717, 1.165) is 91.4 Å². The van der Waals surface area contributed by atoms with Gasteiger partial charge in [0.1, 0.15) is 22.4 Å². The fraction of sp³-hybridized carbons (Fsp3) is 0.630. The van der Waals surface area contributed by atoms with E-state index < -0.39 is 22.1 Å². The van der Waals surface area contributed by atoms with E-state index in [2.05, 4.69) is 54.9 Å². The molecule has 1 aromatic rings. The zero-order valence-electron chi connectivity index (χ0n) is 34.7. The summed E-state index contributed by atoms with van der Waals surface area (Å²) in [7, 11) is 0. The number of hydrogen-bond donors (Lipinski definition) is 3. The molecule has 1 aliphatic carbocycles. The molecule has 8 aliphatic heterocycles. The van der Waals surface area contributed by atoms with E-state index in [1.165, 1.54) is 6.42 Å². The third-order valence-corrected chi connectivity index (χ3v) is 16.1. The van der Waals surface area contributed by atoms with Gasteiger partial charge in [0.25, 0.3) is 5.91 Å². The maximum absolute atomic E-state index is 14.4. The second kappa shape index (κ2) is 15.3. The number of thioether (sulfide) groups is 1. The van der Waals surface area contributed by atoms with Crippen LogP contribution < -0.4 is 20.7 Å². The van der Waals surface area contributed by atoms with E-state index in [9.17, 15) is 24.4 Å². The number of allylic oxidation sites excluding steroid dienone is 2. The Kier molecular flexibility index (Phi) is 10.4. The van der Waals surface area contributed by atoms with Crippen molar-refractivity contribution in [2.24, 2.45) is 11.3 Å². The Bertz CT molecular complexity index is 2060. The maximum Gasteiger partial charge on any atom is 0.315 e. The Morgan fingerprint density at radius 3 is 2.71 bits per heavy atom. The molecule has 59 heavy (non-hydrogen) atoms. The molecule has 9 aliphatic rings. The van der Waals surface area contributed by atoms with Gasteiger partial charge in [0.05, 0.1) is 40.8 Å². The lowest BCUT2D eigenvalue weighted by Crippen LogP contribution is -2.83. The zero-order valence-corrected chi connectivity index (χ0v) is 35.6. The highest BCUT2D eigenvalue weighted by molar-refractivity contribution is 8.00. The number of amides is 4. The van der Waals surface area contributed by atoms with Gasteiger partial charge >= 0.3 is 12.0 Å². The molecule has 6 saturated heterocycles. The van der Waals surface area contributed by atoms with Crippen LogP contribution in [0.5, 0.6) is 5.75 Å². The Balaban J connectivity index is 0.699. The number of piperidine rings is 2. The molecule has 316 valence electrons. The van der Waals surface area contributed by atoms with Crippen molar-refractivity contribution in [1.29, 1.82) is 0 Å². The van der Waals surface area contributed by atoms with Crippen LogP contribution in [0.4, 0.5) is 10.5 Å². The number of rotatable bonds is 16. The molecule has 0 aromatic heterocycles. The Morgan fingerprint density at radius 1 is 1.05 bits per heavy atom. The molecule has 3 unspecified atom stereocenters. The van der Waals surface area contributed by atoms with Crippen LogP contribution >= 0.6 is 11.8 Å². The topological polar surface area (TPSA) is 152 Å². The molecule has 6 fully saturated rings. The summed E-state index contributed by atoms with van der Waals surface area (Å²) in [6.07, 6.45) is 24.0. The number of urea groups is 1. The highest BCUT2D eigenvalue weighted by atomic mass is 32.2. The molecular formula is C46H59N5O7S. The van der Waals surface area contributed by atoms with Gasteiger partial charge in [-0.05, 0) is 102 Å². The maximum atomic E-state index is 14.4. The number of carbonyl (C=O) groups excluding carboxylic acids is 4. The predicted molar refractivity (Wildman–Crippen MR) is 228 cm³/mol. The number of nitrogens with zero attached hydrogens (tertiary/aromatic N) is 2. The minimum atomic E-state index is -1.16. The highest BCUT2D eigenvalue weighted by Gasteiger charge is 2.74. The van der Waals surface area contributed by atoms with Gasteiger partial charge in [0.2, 0.25) is 17.3 Å². The van der Waals surface area contributed by atoms with Crippen molar-refractivity contribution in [2.45, 2.75) is 151 Å². The van der Waals surface area contributed by atoms with Gasteiger partial charge < -0.3 is 35.5 Å². The average Bonchev–Trinajstić information content (AvgIpc) is 3.97. The van der Waals surface area contributed by atoms with E-state index in [4.69, 9.17) is 9.47 Å². The van der Waals surface area contributed by atoms with Crippen LogP contribution in [0.3, 0.4) is 0 Å². The van der Waals surface area contributed by atoms with Crippen LogP contribution in [0.1, 0.15) is 128 Å². The van der Waals surface area contributed by atoms with E-state index in [1.807, 2.05) is 40.9 Å². The first-order valence-corrected chi connectivity index (χ1v) is 23.2. The fourth-order valence-corrected chi connectivity index (χ4v) is 13.0. The Labute approximate surface area is 351 Å². The number of esters is 1. The highest BCUT2D eigenvalue weighted by Crippen LogP contribution is 2.61. The predicted octanol–water partition coefficient (Wildman–Crippen LogP) is 7.07. The Morgan fingerprint density at radius 2 is 1.86 bits per heavy atom. The van der Waals surface area contributed by atoms with E-state index >= 15 is 0 Å². The first kappa shape index (κ1) is 40.2. The summed E-state index contributed by atoms with van der Waals surface area (Å²) in [6.45, 7) is 7.29. The van der Waals surface area contributed by atoms with Crippen LogP contribution in [0.15, 0.2) is 36.4 Å². The second-order valence-corrected chi connectivity index (χ2v) is 20.2. The van der Waals surface area contributed by atoms with Crippen molar-refractivity contribution in [1.82, 2.24) is 20.9 Å². The minimum absolute atomic E-state index is 0.0372. The molecule has 7 atom stereocenters. The number of ether oxygens (including phenoxy) is 2. The number of unbranched alkanes of at least 4 members (excludes halogenated alkanes) is 7. The molecule has 0 saturated carbocycles. The van der Waals surface area contributed by atoms with E-state index in [-0.39, 0.29) is 41.8 Å². The lowest BCUT2D eigenvalue weighted by molar-refractivity contribution is -0.362. The molecule has 1 aromatic carbocycles. The molecule has 8 heterocycles. The third-order valence-electron chi connectivity index (χ3n) is 14.6. The molecule has 10 rings (SSSR count). The SMILES string of the molecule is CC1(C/C=C/CCCCCCCCOC(=O)CCCC[C@@H]2SC[C@@H]3NC(=O)N[C@@H]32)C=Cc2c(ccc3c2[N+]([O-])=C2C3=C[C@@]34NC(=O)C5(CCCN5C3=O)CC4C2(C)C)O1. The number of hydrogen-bond acceptors (Lipinski definition) is 8. The van der Waals surface area contributed by atoms with Crippen LogP contribution in [0.25, 0.3) is 11.6 Å². The van der Waals surface area contributed by atoms with Crippen molar-refractivity contribution in [3.05, 3.63) is 52.8 Å². The monoisotopic (exact) mass is 825 g/mol. The number of benzene rings is 1. The normalized spacial score (nSPS) is 32.8. The average molecular weight is 826 g/mol. The number of nitrogens with one attached hydrogen (secondary N) is 3. The van der Waals surface area contributed by atoms with Gasteiger partial charge in [-0.1, -0.05) is 44.3 Å². The van der Waals surface area contributed by atoms with Crippen LogP contribution in [0.2, 0.25) is 0 Å². The molecular weight excluding hydrogens is 767 g/mol. The van der Waals surface area contributed by atoms with Crippen molar-refractivity contribution in [3.63, 3.8) is 0 Å². The standard InChI is InChI=1S/C46H59N5O7S/c1-43(2)35-27-45-22-15-24-50(45)41(54)46(35,49-40(45)53)26-31-29-18-19-33-30(38(29)51(56)39(31)43)20-23-44(3,58-33)21-13-9-7-5-4-6-8-10-14-25-57-36(52)17-12-11-16-34-37-32(28-59-34)47-42(55)48-37/h9,13,18-20,23,26,32,34-35,37H,4-8,10-12,14-17,21-22,24-25,27-28H2,1-3H3,(H,49,53)(H2,47,48,55)/b13-9+/t32-,34-,35?,37-,44?,45?,46-/m0/s1. The molecule has 13 heteroatoms. The minimum Gasteiger partial charge on any atom is -0.618 e. The molecule has 2 spiro atoms. The largest absolute Gasteiger partial charge is 0.618 e. The summed E-state index contributed by atoms with van der Waals surface area (Å²) in [5.41, 5.74) is 0.301. The fourth-order valence-electron chi connectivity index (χ4n) is 11.5. The first-order valence-electron chi connectivity index (χ1n) is 22.1. The molecule has 4 amide bonds. The summed E-state index contributed by atoms with van der Waals surface area (Å²) in [5, 5.41) is 24.0. The molecule has 0 radical (unpaired) electrons. The second-order valence-electron chi connectivity index (χ2n) is 18.9. The smallest absolute Gasteiger partial charge is 0.315 e. The molecule has 2 bridgehead atoms. The summed E-state index contributed by atoms with van der Waals surface area (Å²) in [4.78, 5) is 53.2. The van der Waals surface area contributed by atoms with Gasteiger partial charge in [-0.15, -0.1) is 0 Å². The quantitative estimate of drug-likeness (QED) is 0.0400. The summed E-state index contributed by atoms with van der Waals surface area (Å²) < 4.78 is 13.1. The first-order chi connectivity index (χ1) is 28.4. The summed E-state index contributed by atoms with van der Waals surface area (Å²) in [6, 6.07) is 4.29. The van der Waals surface area contributed by atoms with Gasteiger partial charge in [-0.25, -0.2) is 4.79 Å². The number of fused-ring (bicyclic) bond motifs is 7. The number of carbonyl (C=O) groups is 4. The van der Waals surface area contributed by atoms with Gasteiger partial charge in [0.15, 0.2) is 0 Å².